The highest BCUT2D eigenvalue weighted by atomic mass is 31.2. The number of aliphatic hydroxyl groups is 1. The van der Waals surface area contributed by atoms with Crippen LogP contribution >= 0.6 is 15.6 Å². The van der Waals surface area contributed by atoms with Gasteiger partial charge in [-0.05, 0) is 31.6 Å². The standard InChI is InChI=1S/C79H154O17P2/c1-6-9-12-15-18-21-23-25-27-28-29-30-31-32-33-34-36-38-44-49-54-59-64-78(83)95-75(69-90-77(82)63-58-53-48-43-37-35-26-24-22-19-16-13-10-7-2)71-94-98(87,88)92-67-73(80)66-91-97(85,86)93-70-74(68-89-76(81)62-57-52-47-41-20-17-14-11-8-3)96-79(84)65-60-55-50-45-40-39-42-46-51-56-61-72(4)5/h72-75,80H,6-71H2,1-5H3,(H,85,86)(H,87,88)/t73-,74+,75+/m0/s1. The molecule has 0 spiro atoms. The van der Waals surface area contributed by atoms with E-state index in [0.29, 0.717) is 25.7 Å². The van der Waals surface area contributed by atoms with E-state index in [1.54, 1.807) is 0 Å². The second-order valence-corrected chi connectivity index (χ2v) is 31.8. The Labute approximate surface area is 600 Å². The van der Waals surface area contributed by atoms with E-state index in [9.17, 15) is 43.2 Å². The first kappa shape index (κ1) is 96.1. The van der Waals surface area contributed by atoms with Crippen LogP contribution in [0.2, 0.25) is 0 Å². The van der Waals surface area contributed by atoms with E-state index in [-0.39, 0.29) is 25.7 Å². The predicted octanol–water partition coefficient (Wildman–Crippen LogP) is 23.6. The number of rotatable bonds is 79. The fourth-order valence-electron chi connectivity index (χ4n) is 12.2. The van der Waals surface area contributed by atoms with Crippen LogP contribution in [-0.2, 0) is 65.4 Å². The molecule has 0 aromatic carbocycles. The molecule has 0 aliphatic carbocycles. The number of unbranched alkanes of at least 4 members (excludes halogenated alkanes) is 51. The lowest BCUT2D eigenvalue weighted by Gasteiger charge is -2.21. The third kappa shape index (κ3) is 72.4. The molecule has 17 nitrogen and oxygen atoms in total. The molecule has 19 heteroatoms. The van der Waals surface area contributed by atoms with E-state index in [4.69, 9.17) is 37.0 Å². The average Bonchev–Trinajstić information content (AvgIpc) is 1.39. The number of aliphatic hydroxyl groups excluding tert-OH is 1. The zero-order valence-electron chi connectivity index (χ0n) is 63.9. The van der Waals surface area contributed by atoms with Gasteiger partial charge >= 0.3 is 39.5 Å². The number of carbonyl (C=O) groups is 4. The van der Waals surface area contributed by atoms with Crippen LogP contribution in [0.1, 0.15) is 420 Å². The first-order valence-electron chi connectivity index (χ1n) is 41.1. The first-order chi connectivity index (χ1) is 47.5. The van der Waals surface area contributed by atoms with Gasteiger partial charge in [0, 0.05) is 25.7 Å². The Bertz CT molecular complexity index is 1870. The molecule has 0 aromatic rings. The lowest BCUT2D eigenvalue weighted by Crippen LogP contribution is -2.30. The number of esters is 4. The van der Waals surface area contributed by atoms with Crippen LogP contribution in [0.3, 0.4) is 0 Å². The molecule has 0 heterocycles. The maximum absolute atomic E-state index is 13.1. The maximum Gasteiger partial charge on any atom is 0.472 e. The van der Waals surface area contributed by atoms with Crippen molar-refractivity contribution in [3.63, 3.8) is 0 Å². The van der Waals surface area contributed by atoms with Gasteiger partial charge in [-0.2, -0.15) is 0 Å². The topological polar surface area (TPSA) is 237 Å². The fraction of sp³-hybridized carbons (Fsp3) is 0.949. The lowest BCUT2D eigenvalue weighted by atomic mass is 10.0. The van der Waals surface area contributed by atoms with Gasteiger partial charge in [-0.3, -0.25) is 37.3 Å². The molecule has 3 N–H and O–H groups in total. The predicted molar refractivity (Wildman–Crippen MR) is 400 cm³/mol. The molecule has 5 atom stereocenters. The third-order valence-corrected chi connectivity index (χ3v) is 20.4. The summed E-state index contributed by atoms with van der Waals surface area (Å²) >= 11 is 0. The minimum Gasteiger partial charge on any atom is -0.462 e. The minimum absolute atomic E-state index is 0.106. The average molecular weight is 1440 g/mol. The third-order valence-electron chi connectivity index (χ3n) is 18.5. The molecule has 0 fully saturated rings. The molecule has 0 saturated heterocycles. The van der Waals surface area contributed by atoms with Crippen molar-refractivity contribution in [3.8, 4) is 0 Å². The van der Waals surface area contributed by atoms with Crippen LogP contribution < -0.4 is 0 Å². The Morgan fingerprint density at radius 1 is 0.276 bits per heavy atom. The van der Waals surface area contributed by atoms with Crippen LogP contribution in [0.15, 0.2) is 0 Å². The highest BCUT2D eigenvalue weighted by Gasteiger charge is 2.30. The van der Waals surface area contributed by atoms with Gasteiger partial charge in [-0.15, -0.1) is 0 Å². The Kier molecular flexibility index (Phi) is 70.6. The molecule has 2 unspecified atom stereocenters. The van der Waals surface area contributed by atoms with Gasteiger partial charge in [0.2, 0.25) is 0 Å². The normalized spacial score (nSPS) is 13.9. The summed E-state index contributed by atoms with van der Waals surface area (Å²) in [5.74, 6) is -1.36. The van der Waals surface area contributed by atoms with Gasteiger partial charge in [-0.25, -0.2) is 9.13 Å². The smallest absolute Gasteiger partial charge is 0.462 e. The van der Waals surface area contributed by atoms with Crippen LogP contribution in [0.5, 0.6) is 0 Å². The van der Waals surface area contributed by atoms with Crippen LogP contribution in [0.25, 0.3) is 0 Å². The minimum atomic E-state index is -4.96. The van der Waals surface area contributed by atoms with Gasteiger partial charge in [0.05, 0.1) is 26.4 Å². The fourth-order valence-corrected chi connectivity index (χ4v) is 13.8. The van der Waals surface area contributed by atoms with Crippen molar-refractivity contribution in [3.05, 3.63) is 0 Å². The van der Waals surface area contributed by atoms with Crippen molar-refractivity contribution in [1.29, 1.82) is 0 Å². The number of hydrogen-bond donors (Lipinski definition) is 3. The number of carbonyl (C=O) groups excluding carboxylic acids is 4. The van der Waals surface area contributed by atoms with Crippen molar-refractivity contribution < 1.29 is 80.2 Å². The van der Waals surface area contributed by atoms with Gasteiger partial charge in [0.25, 0.3) is 0 Å². The summed E-state index contributed by atoms with van der Waals surface area (Å²) in [7, 11) is -9.91. The molecule has 0 bridgehead atoms. The molecule has 0 rings (SSSR count). The van der Waals surface area contributed by atoms with Crippen molar-refractivity contribution in [2.45, 2.75) is 438 Å². The summed E-state index contributed by atoms with van der Waals surface area (Å²) in [6, 6.07) is 0. The molecule has 0 amide bonds. The van der Waals surface area contributed by atoms with E-state index >= 15 is 0 Å². The van der Waals surface area contributed by atoms with Crippen LogP contribution in [0.4, 0.5) is 0 Å². The maximum atomic E-state index is 13.1. The number of phosphoric acid groups is 2. The largest absolute Gasteiger partial charge is 0.472 e. The van der Waals surface area contributed by atoms with E-state index in [0.717, 1.165) is 95.8 Å². The SMILES string of the molecule is CCCCCCCCCCCCCCCCCCCCCCCCC(=O)O[C@H](COC(=O)CCCCCCCCCCCCCCCC)COP(=O)(O)OC[C@@H](O)COP(=O)(O)OC[C@@H](COC(=O)CCCCCCCCCCC)OC(=O)CCCCCCCCCCCCC(C)C. The van der Waals surface area contributed by atoms with E-state index in [1.807, 2.05) is 0 Å². The Balaban J connectivity index is 5.18. The zero-order chi connectivity index (χ0) is 71.9. The van der Waals surface area contributed by atoms with Gasteiger partial charge in [0.1, 0.15) is 19.3 Å². The van der Waals surface area contributed by atoms with Crippen molar-refractivity contribution in [1.82, 2.24) is 0 Å². The molecular weight excluding hydrogens is 1280 g/mol. The highest BCUT2D eigenvalue weighted by molar-refractivity contribution is 7.47. The molecule has 0 radical (unpaired) electrons. The summed E-state index contributed by atoms with van der Waals surface area (Å²) in [6.07, 6.45) is 62.5. The van der Waals surface area contributed by atoms with E-state index in [1.165, 1.54) is 244 Å². The number of hydrogen-bond acceptors (Lipinski definition) is 15. The number of ether oxygens (including phenoxy) is 4. The second kappa shape index (κ2) is 72.0. The van der Waals surface area contributed by atoms with Crippen molar-refractivity contribution >= 4 is 39.5 Å². The molecule has 0 aromatic heterocycles. The summed E-state index contributed by atoms with van der Waals surface area (Å²) in [5, 5.41) is 10.6. The number of phosphoric ester groups is 2. The first-order valence-corrected chi connectivity index (χ1v) is 44.1. The molecule has 0 aliphatic rings. The quantitative estimate of drug-likeness (QED) is 0.0222. The second-order valence-electron chi connectivity index (χ2n) is 28.9. The van der Waals surface area contributed by atoms with E-state index < -0.39 is 97.5 Å². The van der Waals surface area contributed by atoms with Gasteiger partial charge in [0.15, 0.2) is 12.2 Å². The van der Waals surface area contributed by atoms with Crippen LogP contribution in [0, 0.1) is 5.92 Å². The van der Waals surface area contributed by atoms with Crippen LogP contribution in [-0.4, -0.2) is 96.7 Å². The van der Waals surface area contributed by atoms with E-state index in [2.05, 4.69) is 34.6 Å². The van der Waals surface area contributed by atoms with Gasteiger partial charge < -0.3 is 33.8 Å². The van der Waals surface area contributed by atoms with Crippen molar-refractivity contribution in [2.24, 2.45) is 5.92 Å². The highest BCUT2D eigenvalue weighted by Crippen LogP contribution is 2.45. The summed E-state index contributed by atoms with van der Waals surface area (Å²) in [5.41, 5.74) is 0. The molecule has 0 saturated carbocycles. The Morgan fingerprint density at radius 2 is 0.469 bits per heavy atom. The molecule has 582 valence electrons. The molecule has 98 heavy (non-hydrogen) atoms. The summed E-state index contributed by atoms with van der Waals surface area (Å²) < 4.78 is 68.6. The summed E-state index contributed by atoms with van der Waals surface area (Å²) in [4.78, 5) is 72.9. The van der Waals surface area contributed by atoms with Crippen molar-refractivity contribution in [2.75, 3.05) is 39.6 Å². The monoisotopic (exact) mass is 1440 g/mol. The molecule has 0 aliphatic heterocycles. The zero-order valence-corrected chi connectivity index (χ0v) is 65.7. The lowest BCUT2D eigenvalue weighted by molar-refractivity contribution is -0.161. The Morgan fingerprint density at radius 3 is 0.694 bits per heavy atom. The molecular formula is C79H154O17P2. The Hall–Kier alpha value is -1.94. The van der Waals surface area contributed by atoms with Gasteiger partial charge in [-0.1, -0.05) is 369 Å². The summed E-state index contributed by atoms with van der Waals surface area (Å²) in [6.45, 7) is 7.28.